The van der Waals surface area contributed by atoms with E-state index in [-0.39, 0.29) is 19.1 Å². The van der Waals surface area contributed by atoms with Crippen molar-refractivity contribution in [3.63, 3.8) is 0 Å². The van der Waals surface area contributed by atoms with Gasteiger partial charge in [0.05, 0.1) is 5.69 Å². The first-order valence-corrected chi connectivity index (χ1v) is 11.0. The molecule has 0 fully saturated rings. The van der Waals surface area contributed by atoms with E-state index < -0.39 is 17.9 Å². The molecule has 176 valence electrons. The van der Waals surface area contributed by atoms with Crippen LogP contribution in [0.1, 0.15) is 16.7 Å². The Bertz CT molecular complexity index is 1300. The number of likely N-dealkylation sites (N-methyl/N-ethyl adjacent to an activating group) is 1. The Morgan fingerprint density at radius 2 is 1.80 bits per heavy atom. The van der Waals surface area contributed by atoms with E-state index in [4.69, 9.17) is 10.5 Å². The van der Waals surface area contributed by atoms with Crippen LogP contribution in [-0.4, -0.2) is 53.8 Å². The molecule has 3 amide bonds. The zero-order valence-corrected chi connectivity index (χ0v) is 19.2. The summed E-state index contributed by atoms with van der Waals surface area (Å²) in [6.07, 6.45) is 3.78. The lowest BCUT2D eigenvalue weighted by atomic mass is 10.1. The molecule has 0 saturated carbocycles. The molecule has 1 atom stereocenters. The molecular formula is C27H24N4O4. The summed E-state index contributed by atoms with van der Waals surface area (Å²) in [5.74, 6) is 4.18. The van der Waals surface area contributed by atoms with Crippen LogP contribution in [-0.2, 0) is 20.8 Å². The molecule has 0 spiro atoms. The van der Waals surface area contributed by atoms with Crippen molar-refractivity contribution in [2.45, 2.75) is 12.5 Å². The van der Waals surface area contributed by atoms with Gasteiger partial charge in [-0.15, -0.1) is 0 Å². The number of pyridine rings is 1. The van der Waals surface area contributed by atoms with Crippen molar-refractivity contribution in [1.29, 1.82) is 0 Å². The predicted octanol–water partition coefficient (Wildman–Crippen LogP) is 1.76. The van der Waals surface area contributed by atoms with E-state index in [0.29, 0.717) is 23.4 Å². The standard InChI is InChI=1S/C27H24N4O4/c1-30-22-17-21(8-7-20-11-14-29-15-12-20)9-10-24(22)35-18-23(26(30)33)31(27(34)25(28)32)16-13-19-5-3-2-4-6-19/h2-6,9-12,14-15,17,23H,13,16,18H2,1H3,(H2,28,32)/t23-/m0/s1. The number of aromatic nitrogens is 1. The van der Waals surface area contributed by atoms with Crippen LogP contribution in [0, 0.1) is 11.8 Å². The SMILES string of the molecule is CN1C(=O)[C@@H](N(CCc2ccccc2)C(=O)C(N)=O)COc2ccc(C#Cc3ccncc3)cc21. The summed E-state index contributed by atoms with van der Waals surface area (Å²) >= 11 is 0. The summed E-state index contributed by atoms with van der Waals surface area (Å²) in [7, 11) is 1.60. The number of primary amides is 1. The summed E-state index contributed by atoms with van der Waals surface area (Å²) in [6, 6.07) is 17.4. The molecule has 8 heteroatoms. The summed E-state index contributed by atoms with van der Waals surface area (Å²) in [5, 5.41) is 0. The maximum atomic E-state index is 13.4. The topological polar surface area (TPSA) is 106 Å². The maximum Gasteiger partial charge on any atom is 0.312 e. The first-order chi connectivity index (χ1) is 16.9. The molecule has 0 radical (unpaired) electrons. The van der Waals surface area contributed by atoms with Crippen LogP contribution >= 0.6 is 0 Å². The number of benzene rings is 2. The molecular weight excluding hydrogens is 444 g/mol. The number of carbonyl (C=O) groups is 3. The molecule has 2 N–H and O–H groups in total. The number of anilines is 1. The lowest BCUT2D eigenvalue weighted by Crippen LogP contribution is -2.55. The van der Waals surface area contributed by atoms with Gasteiger partial charge in [-0.2, -0.15) is 0 Å². The molecule has 2 aromatic carbocycles. The van der Waals surface area contributed by atoms with Gasteiger partial charge in [-0.05, 0) is 42.3 Å². The van der Waals surface area contributed by atoms with Crippen molar-refractivity contribution < 1.29 is 19.1 Å². The Hall–Kier alpha value is -4.64. The van der Waals surface area contributed by atoms with Crippen LogP contribution in [0.2, 0.25) is 0 Å². The molecule has 1 aromatic heterocycles. The Morgan fingerprint density at radius 1 is 1.09 bits per heavy atom. The minimum Gasteiger partial charge on any atom is -0.489 e. The van der Waals surface area contributed by atoms with Crippen molar-refractivity contribution in [2.24, 2.45) is 5.73 Å². The van der Waals surface area contributed by atoms with Crippen molar-refractivity contribution >= 4 is 23.4 Å². The van der Waals surface area contributed by atoms with Gasteiger partial charge >= 0.3 is 11.8 Å². The molecule has 0 unspecified atom stereocenters. The van der Waals surface area contributed by atoms with Crippen molar-refractivity contribution in [1.82, 2.24) is 9.88 Å². The summed E-state index contributed by atoms with van der Waals surface area (Å²) in [4.78, 5) is 44.5. The van der Waals surface area contributed by atoms with Gasteiger partial charge in [0.2, 0.25) is 0 Å². The molecule has 1 aliphatic rings. The number of hydrogen-bond donors (Lipinski definition) is 1. The highest BCUT2D eigenvalue weighted by atomic mass is 16.5. The molecule has 0 bridgehead atoms. The molecule has 4 rings (SSSR count). The lowest BCUT2D eigenvalue weighted by Gasteiger charge is -2.30. The zero-order valence-electron chi connectivity index (χ0n) is 19.2. The van der Waals surface area contributed by atoms with Crippen LogP contribution in [0.4, 0.5) is 5.69 Å². The quantitative estimate of drug-likeness (QED) is 0.464. The number of fused-ring (bicyclic) bond motifs is 1. The number of ether oxygens (including phenoxy) is 1. The summed E-state index contributed by atoms with van der Waals surface area (Å²) in [6.45, 7) is 0.0322. The second-order valence-electron chi connectivity index (χ2n) is 7.99. The highest BCUT2D eigenvalue weighted by Crippen LogP contribution is 2.32. The van der Waals surface area contributed by atoms with E-state index in [0.717, 1.165) is 11.1 Å². The van der Waals surface area contributed by atoms with Crippen LogP contribution in [0.5, 0.6) is 5.75 Å². The van der Waals surface area contributed by atoms with Crippen LogP contribution in [0.25, 0.3) is 0 Å². The minimum absolute atomic E-state index is 0.105. The molecule has 0 saturated heterocycles. The third-order valence-electron chi connectivity index (χ3n) is 5.70. The number of hydrogen-bond acceptors (Lipinski definition) is 5. The minimum atomic E-state index is -1.12. The van der Waals surface area contributed by atoms with Gasteiger partial charge < -0.3 is 20.3 Å². The highest BCUT2D eigenvalue weighted by molar-refractivity contribution is 6.34. The fraction of sp³-hybridized carbons (Fsp3) is 0.185. The number of rotatable bonds is 4. The van der Waals surface area contributed by atoms with E-state index in [1.807, 2.05) is 30.3 Å². The number of carbonyl (C=O) groups excluding carboxylic acids is 3. The molecule has 35 heavy (non-hydrogen) atoms. The van der Waals surface area contributed by atoms with Crippen molar-refractivity contribution in [3.05, 3.63) is 89.7 Å². The summed E-state index contributed by atoms with van der Waals surface area (Å²) in [5.41, 5.74) is 8.29. The van der Waals surface area contributed by atoms with Crippen molar-refractivity contribution in [3.8, 4) is 17.6 Å². The van der Waals surface area contributed by atoms with Gasteiger partial charge in [0.25, 0.3) is 5.91 Å². The van der Waals surface area contributed by atoms with Crippen LogP contribution in [0.15, 0.2) is 73.1 Å². The van der Waals surface area contributed by atoms with Gasteiger partial charge in [0, 0.05) is 37.1 Å². The molecule has 0 aliphatic carbocycles. The smallest absolute Gasteiger partial charge is 0.312 e. The molecule has 2 heterocycles. The fourth-order valence-electron chi connectivity index (χ4n) is 3.80. The van der Waals surface area contributed by atoms with Gasteiger partial charge in [-0.1, -0.05) is 42.2 Å². The average Bonchev–Trinajstić information content (AvgIpc) is 3.00. The second-order valence-corrected chi connectivity index (χ2v) is 7.99. The monoisotopic (exact) mass is 468 g/mol. The Morgan fingerprint density at radius 3 is 2.51 bits per heavy atom. The third-order valence-corrected chi connectivity index (χ3v) is 5.70. The van der Waals surface area contributed by atoms with E-state index >= 15 is 0 Å². The van der Waals surface area contributed by atoms with E-state index in [9.17, 15) is 14.4 Å². The number of nitrogens with zero attached hydrogens (tertiary/aromatic N) is 3. The van der Waals surface area contributed by atoms with E-state index in [1.165, 1.54) is 9.80 Å². The molecule has 1 aliphatic heterocycles. The molecule has 8 nitrogen and oxygen atoms in total. The zero-order chi connectivity index (χ0) is 24.8. The van der Waals surface area contributed by atoms with Gasteiger partial charge in [0.15, 0.2) is 0 Å². The van der Waals surface area contributed by atoms with E-state index in [2.05, 4.69) is 16.8 Å². The number of nitrogens with two attached hydrogens (primary N) is 1. The van der Waals surface area contributed by atoms with Gasteiger partial charge in [-0.3, -0.25) is 19.4 Å². The Kier molecular flexibility index (Phi) is 7.07. The predicted molar refractivity (Wildman–Crippen MR) is 130 cm³/mol. The fourth-order valence-corrected chi connectivity index (χ4v) is 3.80. The maximum absolute atomic E-state index is 13.4. The Labute approximate surface area is 203 Å². The molecule has 3 aromatic rings. The Balaban J connectivity index is 1.59. The highest BCUT2D eigenvalue weighted by Gasteiger charge is 2.37. The second kappa shape index (κ2) is 10.5. The normalized spacial score (nSPS) is 14.6. The van der Waals surface area contributed by atoms with Crippen molar-refractivity contribution in [2.75, 3.05) is 25.1 Å². The third kappa shape index (κ3) is 5.47. The van der Waals surface area contributed by atoms with E-state index in [1.54, 1.807) is 49.8 Å². The number of amides is 3. The average molecular weight is 469 g/mol. The van der Waals surface area contributed by atoms with Gasteiger partial charge in [-0.25, -0.2) is 0 Å². The first-order valence-electron chi connectivity index (χ1n) is 11.0. The largest absolute Gasteiger partial charge is 0.489 e. The lowest BCUT2D eigenvalue weighted by molar-refractivity contribution is -0.148. The summed E-state index contributed by atoms with van der Waals surface area (Å²) < 4.78 is 5.92. The first kappa shape index (κ1) is 23.5. The van der Waals surface area contributed by atoms with Crippen LogP contribution < -0.4 is 15.4 Å². The van der Waals surface area contributed by atoms with Crippen LogP contribution in [0.3, 0.4) is 0 Å². The van der Waals surface area contributed by atoms with Gasteiger partial charge in [0.1, 0.15) is 18.4 Å².